The summed E-state index contributed by atoms with van der Waals surface area (Å²) in [5, 5.41) is 18.4. The summed E-state index contributed by atoms with van der Waals surface area (Å²) in [5.41, 5.74) is 0.169. The Morgan fingerprint density at radius 3 is 2.09 bits per heavy atom. The lowest BCUT2D eigenvalue weighted by molar-refractivity contribution is -0.149. The first-order chi connectivity index (χ1) is 25.4. The lowest BCUT2D eigenvalue weighted by atomic mass is 9.89. The number of carbonyl (C=O) groups excluding carboxylic acids is 4. The van der Waals surface area contributed by atoms with Gasteiger partial charge < -0.3 is 40.3 Å². The number of fused-ring (bicyclic) bond motifs is 1. The predicted octanol–water partition coefficient (Wildman–Crippen LogP) is 3.24. The number of nitrogens with one attached hydrogen (secondary N) is 3. The van der Waals surface area contributed by atoms with Crippen molar-refractivity contribution in [2.75, 3.05) is 28.3 Å². The number of methoxy groups -OCH3 is 2. The van der Waals surface area contributed by atoms with E-state index in [1.54, 1.807) is 36.9 Å². The quantitative estimate of drug-likeness (QED) is 0.147. The molecule has 14 heteroatoms. The minimum Gasteiger partial charge on any atom is -0.480 e. The highest BCUT2D eigenvalue weighted by atomic mass is 19.1. The van der Waals surface area contributed by atoms with Crippen molar-refractivity contribution in [3.63, 3.8) is 0 Å². The van der Waals surface area contributed by atoms with Gasteiger partial charge in [-0.2, -0.15) is 0 Å². The van der Waals surface area contributed by atoms with Gasteiger partial charge in [0.2, 0.25) is 23.6 Å². The zero-order valence-corrected chi connectivity index (χ0v) is 33.9. The zero-order chi connectivity index (χ0) is 40.6. The minimum absolute atomic E-state index is 0.00943. The fraction of sp³-hybridized carbons (Fsp3) is 0.725. The monoisotopic (exact) mass is 761 g/mol. The number of carboxylic acid groups (broad SMARTS) is 1. The molecule has 0 aromatic heterocycles. The van der Waals surface area contributed by atoms with Crippen LogP contribution >= 0.6 is 0 Å². The normalized spacial score (nSPS) is 22.3. The number of halogens is 1. The number of likely N-dealkylation sites (tertiary alicyclic amines) is 1. The van der Waals surface area contributed by atoms with Crippen LogP contribution in [0.3, 0.4) is 0 Å². The number of piperidine rings is 1. The number of ether oxygens (including phenoxy) is 2. The molecule has 1 heterocycles. The molecule has 2 aliphatic rings. The SMILES string of the molecule is CC[C@H](C)[C@@H]([C@@H](CC(=O)N1[C@H]2C[C@H]2C[C@H]1[C@H](OC)[C@@H](C)C(=O)N[C@@H](Cc1ccccc1F)C(=O)O)OC)N(C)C(=O)[C@@H](NC(=O)[C@@H](NC)C(C)C)C(C)C. The number of aliphatic carboxylic acids is 1. The molecule has 54 heavy (non-hydrogen) atoms. The molecule has 2 fully saturated rings. The molecule has 1 aliphatic heterocycles. The first-order valence-corrected chi connectivity index (χ1v) is 19.3. The molecular formula is C40H64FN5O8. The van der Waals surface area contributed by atoms with E-state index in [0.717, 1.165) is 6.42 Å². The standard InChI is InChI=1S/C40H64FN5O8/c1-12-23(6)35(45(9)39(50)34(22(4)5)44-38(49)33(42-8)21(2)3)31(53-10)20-32(47)46-29-18-26(29)19-30(46)36(54-11)24(7)37(48)43-28(40(51)52)17-25-15-13-14-16-27(25)41/h13-16,21-24,26,28-31,33-36,42H,12,17-20H2,1-11H3,(H,43,48)(H,44,49)(H,51,52)/t23-,24+,26-,28-,29-,30-,31+,33-,34-,35-,36+/m0/s1. The van der Waals surface area contributed by atoms with Gasteiger partial charge in [0.25, 0.3) is 0 Å². The summed E-state index contributed by atoms with van der Waals surface area (Å²) in [6, 6.07) is 2.21. The van der Waals surface area contributed by atoms with Gasteiger partial charge in [-0.3, -0.25) is 19.2 Å². The van der Waals surface area contributed by atoms with Crippen molar-refractivity contribution in [1.82, 2.24) is 25.8 Å². The van der Waals surface area contributed by atoms with Crippen LogP contribution in [0.4, 0.5) is 4.39 Å². The van der Waals surface area contributed by atoms with Crippen LogP contribution in [0.1, 0.15) is 79.7 Å². The molecule has 13 nitrogen and oxygen atoms in total. The number of rotatable bonds is 21. The van der Waals surface area contributed by atoms with E-state index in [9.17, 15) is 33.5 Å². The number of carbonyl (C=O) groups is 5. The van der Waals surface area contributed by atoms with Crippen molar-refractivity contribution in [1.29, 1.82) is 0 Å². The second-order valence-electron chi connectivity index (χ2n) is 15.9. The minimum atomic E-state index is -1.37. The van der Waals surface area contributed by atoms with Crippen LogP contribution in [0.5, 0.6) is 0 Å². The largest absolute Gasteiger partial charge is 0.480 e. The number of hydrogen-bond acceptors (Lipinski definition) is 8. The number of nitrogens with zero attached hydrogens (tertiary/aromatic N) is 2. The summed E-state index contributed by atoms with van der Waals surface area (Å²) in [6.45, 7) is 13.3. The van der Waals surface area contributed by atoms with E-state index in [2.05, 4.69) is 16.0 Å². The van der Waals surface area contributed by atoms with Crippen LogP contribution in [0, 0.1) is 35.4 Å². The van der Waals surface area contributed by atoms with Crippen LogP contribution < -0.4 is 16.0 Å². The molecule has 4 amide bonds. The Hall–Kier alpha value is -3.62. The Morgan fingerprint density at radius 1 is 0.944 bits per heavy atom. The number of hydrogen-bond donors (Lipinski definition) is 4. The molecule has 4 N–H and O–H groups in total. The van der Waals surface area contributed by atoms with Crippen LogP contribution in [-0.4, -0.2) is 121 Å². The Labute approximate surface area is 320 Å². The molecule has 1 saturated heterocycles. The van der Waals surface area contributed by atoms with Gasteiger partial charge in [0.05, 0.1) is 42.7 Å². The molecule has 0 spiro atoms. The predicted molar refractivity (Wildman–Crippen MR) is 203 cm³/mol. The van der Waals surface area contributed by atoms with Crippen molar-refractivity contribution in [2.45, 2.75) is 129 Å². The van der Waals surface area contributed by atoms with Gasteiger partial charge in [-0.05, 0) is 55.2 Å². The third-order valence-corrected chi connectivity index (χ3v) is 11.6. The first kappa shape index (κ1) is 44.8. The molecule has 0 radical (unpaired) electrons. The number of carboxylic acids is 1. The maximum absolute atomic E-state index is 14.4. The van der Waals surface area contributed by atoms with Crippen LogP contribution in [0.25, 0.3) is 0 Å². The average molecular weight is 762 g/mol. The molecule has 0 unspecified atom stereocenters. The summed E-state index contributed by atoms with van der Waals surface area (Å²) < 4.78 is 26.2. The highest BCUT2D eigenvalue weighted by Crippen LogP contribution is 2.50. The molecular weight excluding hydrogens is 697 g/mol. The summed E-state index contributed by atoms with van der Waals surface area (Å²) in [7, 11) is 6.41. The molecule has 1 aromatic carbocycles. The fourth-order valence-corrected chi connectivity index (χ4v) is 8.14. The molecule has 11 atom stereocenters. The lowest BCUT2D eigenvalue weighted by Crippen LogP contribution is -2.59. The molecule has 1 aliphatic carbocycles. The third-order valence-electron chi connectivity index (χ3n) is 11.6. The second-order valence-corrected chi connectivity index (χ2v) is 15.9. The topological polar surface area (TPSA) is 167 Å². The van der Waals surface area contributed by atoms with E-state index in [0.29, 0.717) is 12.8 Å². The molecule has 1 saturated carbocycles. The van der Waals surface area contributed by atoms with Crippen LogP contribution in [0.2, 0.25) is 0 Å². The summed E-state index contributed by atoms with van der Waals surface area (Å²) in [6.07, 6.45) is 0.457. The molecule has 1 aromatic rings. The van der Waals surface area contributed by atoms with Crippen molar-refractivity contribution in [3.05, 3.63) is 35.6 Å². The lowest BCUT2D eigenvalue weighted by Gasteiger charge is -2.41. The van der Waals surface area contributed by atoms with Crippen molar-refractivity contribution >= 4 is 29.6 Å². The van der Waals surface area contributed by atoms with Gasteiger partial charge in [-0.25, -0.2) is 9.18 Å². The summed E-state index contributed by atoms with van der Waals surface area (Å²) >= 11 is 0. The van der Waals surface area contributed by atoms with Gasteiger partial charge in [-0.1, -0.05) is 73.1 Å². The van der Waals surface area contributed by atoms with Crippen LogP contribution in [0.15, 0.2) is 24.3 Å². The highest BCUT2D eigenvalue weighted by Gasteiger charge is 2.57. The maximum Gasteiger partial charge on any atom is 0.326 e. The molecule has 304 valence electrons. The van der Waals surface area contributed by atoms with Crippen molar-refractivity contribution in [2.24, 2.45) is 29.6 Å². The maximum atomic E-state index is 14.4. The molecule has 0 bridgehead atoms. The van der Waals surface area contributed by atoms with Gasteiger partial charge >= 0.3 is 5.97 Å². The highest BCUT2D eigenvalue weighted by molar-refractivity contribution is 5.90. The second kappa shape index (κ2) is 19.8. The number of benzene rings is 1. The van der Waals surface area contributed by atoms with Crippen molar-refractivity contribution < 1.29 is 42.9 Å². The zero-order valence-electron chi connectivity index (χ0n) is 33.9. The Morgan fingerprint density at radius 2 is 1.57 bits per heavy atom. The Bertz CT molecular complexity index is 1460. The van der Waals surface area contributed by atoms with E-state index in [-0.39, 0.29) is 65.8 Å². The fourth-order valence-electron chi connectivity index (χ4n) is 8.14. The summed E-state index contributed by atoms with van der Waals surface area (Å²) in [5.74, 6) is -4.01. The third kappa shape index (κ3) is 10.6. The summed E-state index contributed by atoms with van der Waals surface area (Å²) in [4.78, 5) is 70.8. The van der Waals surface area contributed by atoms with Gasteiger partial charge in [0.1, 0.15) is 17.9 Å². The smallest absolute Gasteiger partial charge is 0.326 e. The van der Waals surface area contributed by atoms with E-state index in [1.165, 1.54) is 32.4 Å². The van der Waals surface area contributed by atoms with Crippen LogP contribution in [-0.2, 0) is 39.9 Å². The Kier molecular flexibility index (Phi) is 16.4. The number of likely N-dealkylation sites (N-methyl/N-ethyl adjacent to an activating group) is 2. The van der Waals surface area contributed by atoms with Gasteiger partial charge in [-0.15, -0.1) is 0 Å². The van der Waals surface area contributed by atoms with E-state index < -0.39 is 66.0 Å². The van der Waals surface area contributed by atoms with Gasteiger partial charge in [0.15, 0.2) is 0 Å². The average Bonchev–Trinajstić information content (AvgIpc) is 3.78. The molecule has 3 rings (SSSR count). The van der Waals surface area contributed by atoms with E-state index in [4.69, 9.17) is 9.47 Å². The van der Waals surface area contributed by atoms with E-state index >= 15 is 0 Å². The van der Waals surface area contributed by atoms with E-state index in [1.807, 2.05) is 41.5 Å². The van der Waals surface area contributed by atoms with Crippen molar-refractivity contribution in [3.8, 4) is 0 Å². The number of amides is 4. The Balaban J connectivity index is 1.81. The first-order valence-electron chi connectivity index (χ1n) is 19.3. The van der Waals surface area contributed by atoms with Gasteiger partial charge in [0, 0.05) is 33.7 Å².